The van der Waals surface area contributed by atoms with Crippen molar-refractivity contribution in [3.05, 3.63) is 30.2 Å². The van der Waals surface area contributed by atoms with E-state index in [1.807, 2.05) is 18.2 Å². The molecule has 1 aromatic carbocycles. The molecule has 1 aromatic heterocycles. The van der Waals surface area contributed by atoms with Crippen molar-refractivity contribution in [2.45, 2.75) is 26.3 Å². The molecule has 1 heterocycles. The molecule has 2 rings (SSSR count). The van der Waals surface area contributed by atoms with Crippen LogP contribution in [0.25, 0.3) is 11.1 Å². The number of aromatic nitrogens is 1. The number of ketones is 1. The number of oxazole rings is 1. The fourth-order valence-electron chi connectivity index (χ4n) is 1.83. The number of nitrogens with zero attached hydrogens (tertiary/aromatic N) is 2. The number of fused-ring (bicyclic) bond motifs is 1. The van der Waals surface area contributed by atoms with Crippen LogP contribution in [-0.4, -0.2) is 28.6 Å². The maximum atomic E-state index is 11.8. The molecule has 19 heavy (non-hydrogen) atoms. The number of carbonyl (C=O) groups is 2. The van der Waals surface area contributed by atoms with E-state index in [4.69, 9.17) is 4.42 Å². The zero-order valence-corrected chi connectivity index (χ0v) is 11.0. The molecule has 2 aromatic rings. The molecule has 0 fully saturated rings. The Labute approximate surface area is 111 Å². The zero-order valence-electron chi connectivity index (χ0n) is 11.0. The van der Waals surface area contributed by atoms with Crippen LogP contribution in [0.15, 0.2) is 29.0 Å². The Morgan fingerprint density at radius 2 is 2.11 bits per heavy atom. The summed E-state index contributed by atoms with van der Waals surface area (Å²) in [5, 5.41) is 0. The molecule has 0 aliphatic heterocycles. The van der Waals surface area contributed by atoms with E-state index in [1.54, 1.807) is 11.9 Å². The van der Waals surface area contributed by atoms with Crippen LogP contribution in [0.5, 0.6) is 0 Å². The molecule has 0 bridgehead atoms. The molecular weight excluding hydrogens is 244 g/mol. The molecule has 100 valence electrons. The second-order valence-electron chi connectivity index (χ2n) is 4.61. The first kappa shape index (κ1) is 13.3. The summed E-state index contributed by atoms with van der Waals surface area (Å²) in [6.07, 6.45) is 1.96. The number of hydrogen-bond donors (Lipinski definition) is 0. The summed E-state index contributed by atoms with van der Waals surface area (Å²) in [7, 11) is 1.73. The number of Topliss-reactive ketones (excluding diaryl/α,β-unsaturated/α-hetero) is 1. The van der Waals surface area contributed by atoms with Crippen molar-refractivity contribution in [1.82, 2.24) is 9.88 Å². The molecule has 0 saturated heterocycles. The molecule has 5 heteroatoms. The highest BCUT2D eigenvalue weighted by Gasteiger charge is 2.11. The highest BCUT2D eigenvalue weighted by molar-refractivity contribution is 5.83. The van der Waals surface area contributed by atoms with E-state index in [0.29, 0.717) is 18.5 Å². The third kappa shape index (κ3) is 3.40. The molecule has 1 amide bonds. The van der Waals surface area contributed by atoms with Crippen LogP contribution in [0.2, 0.25) is 0 Å². The minimum absolute atomic E-state index is 0.0322. The third-order valence-corrected chi connectivity index (χ3v) is 2.93. The summed E-state index contributed by atoms with van der Waals surface area (Å²) in [5.74, 6) is -0.00213. The Balaban J connectivity index is 1.99. The van der Waals surface area contributed by atoms with E-state index in [2.05, 4.69) is 4.98 Å². The molecule has 0 aliphatic carbocycles. The maximum absolute atomic E-state index is 11.8. The molecule has 0 saturated carbocycles. The number of amides is 1. The topological polar surface area (TPSA) is 63.4 Å². The minimum atomic E-state index is -0.0344. The van der Waals surface area contributed by atoms with Gasteiger partial charge in [0.15, 0.2) is 12.0 Å². The van der Waals surface area contributed by atoms with Gasteiger partial charge in [-0.25, -0.2) is 4.98 Å². The Kier molecular flexibility index (Phi) is 3.94. The lowest BCUT2D eigenvalue weighted by atomic mass is 10.1. The van der Waals surface area contributed by atoms with Gasteiger partial charge in [-0.1, -0.05) is 6.07 Å². The lowest BCUT2D eigenvalue weighted by Gasteiger charge is -2.16. The Bertz CT molecular complexity index is 604. The van der Waals surface area contributed by atoms with Gasteiger partial charge < -0.3 is 14.1 Å². The minimum Gasteiger partial charge on any atom is -0.443 e. The molecule has 0 radical (unpaired) electrons. The van der Waals surface area contributed by atoms with Gasteiger partial charge in [0.25, 0.3) is 0 Å². The molecule has 5 nitrogen and oxygen atoms in total. The van der Waals surface area contributed by atoms with Gasteiger partial charge in [0.05, 0.1) is 0 Å². The Morgan fingerprint density at radius 3 is 2.84 bits per heavy atom. The van der Waals surface area contributed by atoms with Crippen LogP contribution >= 0.6 is 0 Å². The van der Waals surface area contributed by atoms with Gasteiger partial charge in [-0.2, -0.15) is 0 Å². The van der Waals surface area contributed by atoms with E-state index in [0.717, 1.165) is 11.1 Å². The fraction of sp³-hybridized carbons (Fsp3) is 0.357. The summed E-state index contributed by atoms with van der Waals surface area (Å²) in [6, 6.07) is 5.65. The first-order chi connectivity index (χ1) is 9.06. The summed E-state index contributed by atoms with van der Waals surface area (Å²) >= 11 is 0. The molecular formula is C14H16N2O3. The van der Waals surface area contributed by atoms with Crippen molar-refractivity contribution >= 4 is 22.8 Å². The van der Waals surface area contributed by atoms with Crippen LogP contribution in [-0.2, 0) is 16.1 Å². The lowest BCUT2D eigenvalue weighted by molar-refractivity contribution is -0.132. The molecule has 0 unspecified atom stereocenters. The quantitative estimate of drug-likeness (QED) is 0.826. The summed E-state index contributed by atoms with van der Waals surface area (Å²) in [4.78, 5) is 28.3. The van der Waals surface area contributed by atoms with Gasteiger partial charge in [0, 0.05) is 26.4 Å². The Morgan fingerprint density at radius 1 is 1.32 bits per heavy atom. The monoisotopic (exact) mass is 260 g/mol. The third-order valence-electron chi connectivity index (χ3n) is 2.93. The second-order valence-corrected chi connectivity index (χ2v) is 4.61. The standard InChI is InChI=1S/C14H16N2O3/c1-10(17)3-6-14(18)16(2)8-11-4-5-12-13(7-11)19-9-15-12/h4-5,7,9H,3,6,8H2,1-2H3. The van der Waals surface area contributed by atoms with Gasteiger partial charge in [-0.05, 0) is 24.6 Å². The molecule has 0 N–H and O–H groups in total. The van der Waals surface area contributed by atoms with Gasteiger partial charge in [-0.15, -0.1) is 0 Å². The van der Waals surface area contributed by atoms with Gasteiger partial charge in [0.2, 0.25) is 5.91 Å². The summed E-state index contributed by atoms with van der Waals surface area (Å²) < 4.78 is 5.22. The van der Waals surface area contributed by atoms with Crippen LogP contribution in [0, 0.1) is 0 Å². The van der Waals surface area contributed by atoms with Gasteiger partial charge >= 0.3 is 0 Å². The van der Waals surface area contributed by atoms with E-state index in [-0.39, 0.29) is 18.1 Å². The van der Waals surface area contributed by atoms with E-state index in [1.165, 1.54) is 13.3 Å². The van der Waals surface area contributed by atoms with Crippen LogP contribution < -0.4 is 0 Å². The average Bonchev–Trinajstić information content (AvgIpc) is 2.83. The fourth-order valence-corrected chi connectivity index (χ4v) is 1.83. The van der Waals surface area contributed by atoms with Gasteiger partial charge in [0.1, 0.15) is 11.3 Å². The normalized spacial score (nSPS) is 10.6. The average molecular weight is 260 g/mol. The summed E-state index contributed by atoms with van der Waals surface area (Å²) in [5.41, 5.74) is 2.49. The Hall–Kier alpha value is -2.17. The first-order valence-electron chi connectivity index (χ1n) is 6.12. The van der Waals surface area contributed by atoms with Crippen LogP contribution in [0.3, 0.4) is 0 Å². The number of hydrogen-bond acceptors (Lipinski definition) is 4. The van der Waals surface area contributed by atoms with Crippen molar-refractivity contribution in [3.63, 3.8) is 0 Å². The number of carbonyl (C=O) groups excluding carboxylic acids is 2. The van der Waals surface area contributed by atoms with E-state index in [9.17, 15) is 9.59 Å². The van der Waals surface area contributed by atoms with Gasteiger partial charge in [-0.3, -0.25) is 4.79 Å². The molecule has 0 atom stereocenters. The van der Waals surface area contributed by atoms with E-state index < -0.39 is 0 Å². The largest absolute Gasteiger partial charge is 0.443 e. The molecule has 0 aliphatic rings. The zero-order chi connectivity index (χ0) is 13.8. The van der Waals surface area contributed by atoms with Crippen LogP contribution in [0.4, 0.5) is 0 Å². The van der Waals surface area contributed by atoms with Crippen molar-refractivity contribution in [2.24, 2.45) is 0 Å². The predicted octanol–water partition coefficient (Wildman–Crippen LogP) is 2.16. The number of rotatable bonds is 5. The van der Waals surface area contributed by atoms with Crippen molar-refractivity contribution in [2.75, 3.05) is 7.05 Å². The maximum Gasteiger partial charge on any atom is 0.223 e. The predicted molar refractivity (Wildman–Crippen MR) is 70.4 cm³/mol. The highest BCUT2D eigenvalue weighted by atomic mass is 16.3. The van der Waals surface area contributed by atoms with Crippen molar-refractivity contribution in [1.29, 1.82) is 0 Å². The highest BCUT2D eigenvalue weighted by Crippen LogP contribution is 2.15. The SMILES string of the molecule is CC(=O)CCC(=O)N(C)Cc1ccc2ncoc2c1. The summed E-state index contributed by atoms with van der Waals surface area (Å²) in [6.45, 7) is 1.98. The van der Waals surface area contributed by atoms with Crippen LogP contribution in [0.1, 0.15) is 25.3 Å². The lowest BCUT2D eigenvalue weighted by Crippen LogP contribution is -2.26. The first-order valence-corrected chi connectivity index (χ1v) is 6.12. The van der Waals surface area contributed by atoms with Crippen molar-refractivity contribution < 1.29 is 14.0 Å². The number of benzene rings is 1. The second kappa shape index (κ2) is 5.65. The van der Waals surface area contributed by atoms with Crippen molar-refractivity contribution in [3.8, 4) is 0 Å². The smallest absolute Gasteiger partial charge is 0.223 e. The van der Waals surface area contributed by atoms with E-state index >= 15 is 0 Å². The molecule has 0 spiro atoms.